The Morgan fingerprint density at radius 3 is 0.915 bits per heavy atom. The van der Waals surface area contributed by atoms with Crippen molar-refractivity contribution in [3.63, 3.8) is 0 Å². The van der Waals surface area contributed by atoms with Crippen LogP contribution in [0.5, 0.6) is 0 Å². The van der Waals surface area contributed by atoms with Crippen LogP contribution in [-0.2, 0) is 93.6 Å². The van der Waals surface area contributed by atoms with Crippen LogP contribution in [0.4, 0.5) is 0 Å². The molecule has 0 aliphatic carbocycles. The van der Waals surface area contributed by atoms with Crippen LogP contribution in [0.2, 0.25) is 0 Å². The fourth-order valence-electron chi connectivity index (χ4n) is 8.97. The van der Waals surface area contributed by atoms with E-state index in [1.54, 1.807) is 0 Å². The molecule has 2 aliphatic heterocycles. The van der Waals surface area contributed by atoms with Gasteiger partial charge in [0, 0.05) is 0 Å². The van der Waals surface area contributed by atoms with Gasteiger partial charge in [0.15, 0.2) is 12.6 Å². The summed E-state index contributed by atoms with van der Waals surface area (Å²) in [5.74, 6) is 0. The molecule has 0 saturated carbocycles. The molecule has 0 N–H and O–H groups in total. The lowest BCUT2D eigenvalue weighted by atomic mass is 9.96. The molecule has 7 aromatic carbocycles. The molecule has 2 saturated heterocycles. The standard InChI is InChI=1S/C61H64O10/c1-45-54(63-38-47-25-11-3-12-26-47)56(65-40-49-29-15-5-16-30-49)58(67-42-51-33-19-7-20-34-51)60(69-45)71-61-59(68-43-52-35-21-8-22-36-52)57(66-41-50-31-17-6-18-32-50)55(64-39-48-27-13-4-14-28-48)53(70-61)44-62-37-46-23-9-2-10-24-46/h2-36,45,53-61H,37-44H2,1H3/t45-,53+,54-,55+,56+,57-,58+,59+,60+,61-/m0/s1. The number of hydrogen-bond donors (Lipinski definition) is 0. The van der Waals surface area contributed by atoms with E-state index in [9.17, 15) is 0 Å². The van der Waals surface area contributed by atoms with Crippen molar-refractivity contribution in [2.45, 2.75) is 115 Å². The number of ether oxygens (including phenoxy) is 10. The molecule has 0 spiro atoms. The molecular weight excluding hydrogens is 893 g/mol. The molecule has 368 valence electrons. The molecule has 0 aromatic heterocycles. The molecule has 9 rings (SSSR count). The maximum Gasteiger partial charge on any atom is 0.190 e. The van der Waals surface area contributed by atoms with Crippen molar-refractivity contribution in [3.8, 4) is 0 Å². The first-order valence-corrected chi connectivity index (χ1v) is 24.6. The molecule has 10 heteroatoms. The summed E-state index contributed by atoms with van der Waals surface area (Å²) in [6.07, 6.45) is -7.51. The summed E-state index contributed by atoms with van der Waals surface area (Å²) in [4.78, 5) is 0. The van der Waals surface area contributed by atoms with Gasteiger partial charge in [-0.15, -0.1) is 0 Å². The lowest BCUT2D eigenvalue weighted by Crippen LogP contribution is -2.65. The third-order valence-corrected chi connectivity index (χ3v) is 12.7. The summed E-state index contributed by atoms with van der Waals surface area (Å²) >= 11 is 0. The van der Waals surface area contributed by atoms with Gasteiger partial charge < -0.3 is 47.4 Å². The van der Waals surface area contributed by atoms with Crippen molar-refractivity contribution < 1.29 is 47.4 Å². The second kappa shape index (κ2) is 26.5. The zero-order chi connectivity index (χ0) is 48.3. The van der Waals surface area contributed by atoms with Crippen LogP contribution in [0.15, 0.2) is 212 Å². The van der Waals surface area contributed by atoms with E-state index in [-0.39, 0.29) is 26.4 Å². The van der Waals surface area contributed by atoms with Crippen molar-refractivity contribution in [1.29, 1.82) is 0 Å². The molecule has 71 heavy (non-hydrogen) atoms. The molecule has 7 aromatic rings. The van der Waals surface area contributed by atoms with E-state index in [1.807, 2.05) is 219 Å². The second-order valence-corrected chi connectivity index (χ2v) is 18.0. The Hall–Kier alpha value is -5.86. The number of hydrogen-bond acceptors (Lipinski definition) is 10. The van der Waals surface area contributed by atoms with Crippen LogP contribution >= 0.6 is 0 Å². The van der Waals surface area contributed by atoms with E-state index in [0.29, 0.717) is 26.4 Å². The first-order valence-electron chi connectivity index (χ1n) is 24.6. The minimum absolute atomic E-state index is 0.166. The molecule has 0 radical (unpaired) electrons. The lowest BCUT2D eigenvalue weighted by Gasteiger charge is -2.49. The minimum Gasteiger partial charge on any atom is -0.374 e. The van der Waals surface area contributed by atoms with E-state index >= 15 is 0 Å². The smallest absolute Gasteiger partial charge is 0.190 e. The molecule has 0 unspecified atom stereocenters. The Labute approximate surface area is 418 Å². The van der Waals surface area contributed by atoms with Gasteiger partial charge in [-0.25, -0.2) is 0 Å². The highest BCUT2D eigenvalue weighted by Crippen LogP contribution is 2.37. The van der Waals surface area contributed by atoms with Gasteiger partial charge in [0.25, 0.3) is 0 Å². The predicted octanol–water partition coefficient (Wildman–Crippen LogP) is 11.2. The lowest BCUT2D eigenvalue weighted by molar-refractivity contribution is -0.391. The Bertz CT molecular complexity index is 2530. The van der Waals surface area contributed by atoms with Gasteiger partial charge >= 0.3 is 0 Å². The van der Waals surface area contributed by atoms with Crippen molar-refractivity contribution in [2.75, 3.05) is 6.61 Å². The normalized spacial score (nSPS) is 24.4. The number of benzene rings is 7. The van der Waals surface area contributed by atoms with Crippen LogP contribution in [0.25, 0.3) is 0 Å². The maximum atomic E-state index is 7.27. The molecule has 10 nitrogen and oxygen atoms in total. The van der Waals surface area contributed by atoms with Crippen molar-refractivity contribution >= 4 is 0 Å². The summed E-state index contributed by atoms with van der Waals surface area (Å²) in [6, 6.07) is 70.6. The van der Waals surface area contributed by atoms with E-state index in [2.05, 4.69) is 0 Å². The van der Waals surface area contributed by atoms with Crippen molar-refractivity contribution in [3.05, 3.63) is 251 Å². The zero-order valence-electron chi connectivity index (χ0n) is 40.2. The van der Waals surface area contributed by atoms with Gasteiger partial charge in [-0.05, 0) is 45.9 Å². The molecular formula is C61H64O10. The van der Waals surface area contributed by atoms with Gasteiger partial charge in [0.05, 0.1) is 59.0 Å². The van der Waals surface area contributed by atoms with Crippen molar-refractivity contribution in [2.24, 2.45) is 0 Å². The summed E-state index contributed by atoms with van der Waals surface area (Å²) < 4.78 is 69.6. The average molecular weight is 957 g/mol. The summed E-state index contributed by atoms with van der Waals surface area (Å²) in [6.45, 7) is 4.25. The van der Waals surface area contributed by atoms with Crippen LogP contribution in [-0.4, -0.2) is 68.0 Å². The molecule has 0 bridgehead atoms. The quantitative estimate of drug-likeness (QED) is 0.0583. The molecule has 2 heterocycles. The third kappa shape index (κ3) is 14.6. The Morgan fingerprint density at radius 2 is 0.563 bits per heavy atom. The fraction of sp³-hybridized carbons (Fsp3) is 0.311. The first kappa shape index (κ1) is 50.1. The van der Waals surface area contributed by atoms with Gasteiger partial charge in [-0.2, -0.15) is 0 Å². The monoisotopic (exact) mass is 956 g/mol. The first-order chi connectivity index (χ1) is 35.1. The highest BCUT2D eigenvalue weighted by atomic mass is 16.8. The van der Waals surface area contributed by atoms with E-state index in [0.717, 1.165) is 38.9 Å². The van der Waals surface area contributed by atoms with Crippen LogP contribution < -0.4 is 0 Å². The minimum atomic E-state index is -1.07. The largest absolute Gasteiger partial charge is 0.374 e. The van der Waals surface area contributed by atoms with E-state index in [1.165, 1.54) is 0 Å². The van der Waals surface area contributed by atoms with Crippen LogP contribution in [0, 0.1) is 0 Å². The van der Waals surface area contributed by atoms with Crippen LogP contribution in [0.1, 0.15) is 45.9 Å². The molecule has 2 fully saturated rings. The molecule has 0 amide bonds. The fourth-order valence-corrected chi connectivity index (χ4v) is 8.97. The van der Waals surface area contributed by atoms with Gasteiger partial charge in [-0.3, -0.25) is 0 Å². The average Bonchev–Trinajstić information content (AvgIpc) is 3.42. The molecule has 2 aliphatic rings. The van der Waals surface area contributed by atoms with Gasteiger partial charge in [-0.1, -0.05) is 212 Å². The predicted molar refractivity (Wildman–Crippen MR) is 270 cm³/mol. The summed E-state index contributed by atoms with van der Waals surface area (Å²) in [7, 11) is 0. The second-order valence-electron chi connectivity index (χ2n) is 18.0. The van der Waals surface area contributed by atoms with Crippen LogP contribution in [0.3, 0.4) is 0 Å². The maximum absolute atomic E-state index is 7.27. The van der Waals surface area contributed by atoms with Gasteiger partial charge in [0.2, 0.25) is 0 Å². The summed E-state index contributed by atoms with van der Waals surface area (Å²) in [5.41, 5.74) is 7.03. The zero-order valence-corrected chi connectivity index (χ0v) is 40.2. The van der Waals surface area contributed by atoms with Gasteiger partial charge in [0.1, 0.15) is 42.7 Å². The number of rotatable bonds is 24. The highest BCUT2D eigenvalue weighted by molar-refractivity contribution is 5.19. The third-order valence-electron chi connectivity index (χ3n) is 12.7. The Balaban J connectivity index is 1.08. The SMILES string of the molecule is C[C@@H]1O[C@H](O[C@@H]2O[C@H](COCc3ccccc3)[C@@H](OCc3ccccc3)[C@H](OCc3ccccc3)[C@H]2OCc2ccccc2)[C@H](OCc2ccccc2)[C@H](OCc2ccccc2)[C@H]1OCc1ccccc1. The Kier molecular flexibility index (Phi) is 18.7. The molecule has 10 atom stereocenters. The highest BCUT2D eigenvalue weighted by Gasteiger charge is 2.53. The Morgan fingerprint density at radius 1 is 0.296 bits per heavy atom. The van der Waals surface area contributed by atoms with Crippen molar-refractivity contribution in [1.82, 2.24) is 0 Å². The topological polar surface area (TPSA) is 92.3 Å². The van der Waals surface area contributed by atoms with E-state index < -0.39 is 61.4 Å². The van der Waals surface area contributed by atoms with E-state index in [4.69, 9.17) is 47.4 Å². The summed E-state index contributed by atoms with van der Waals surface area (Å²) in [5, 5.41) is 0.